The third kappa shape index (κ3) is 3.52. The molecule has 0 spiro atoms. The number of carbonyl (C=O) groups is 1. The Morgan fingerprint density at radius 3 is 2.45 bits per heavy atom. The molecule has 162 valence electrons. The summed E-state index contributed by atoms with van der Waals surface area (Å²) in [7, 11) is 0. The van der Waals surface area contributed by atoms with E-state index in [1.54, 1.807) is 0 Å². The molecule has 1 amide bonds. The standard InChI is InChI=1S/C27H33N3O/c1-26(2,3)24-23(28)21-16-20(11-12-22(21)30-24)29-25(31)27(13-14-27)19-10-9-17-7-5-4-6-8-18(17)15-19/h9-12,15-16,30H,4-8,13-14,28H2,1-3H3,(H,29,31). The zero-order valence-electron chi connectivity index (χ0n) is 18.9. The minimum Gasteiger partial charge on any atom is -0.397 e. The van der Waals surface area contributed by atoms with Gasteiger partial charge >= 0.3 is 0 Å². The molecule has 2 aromatic carbocycles. The third-order valence-electron chi connectivity index (χ3n) is 7.18. The van der Waals surface area contributed by atoms with Crippen molar-refractivity contribution in [1.82, 2.24) is 4.98 Å². The Kier molecular flexibility index (Phi) is 4.65. The molecule has 0 aliphatic heterocycles. The Bertz CT molecular complexity index is 1160. The van der Waals surface area contributed by atoms with Crippen LogP contribution in [-0.2, 0) is 28.5 Å². The molecule has 0 unspecified atom stereocenters. The number of hydrogen-bond acceptors (Lipinski definition) is 2. The highest BCUT2D eigenvalue weighted by Crippen LogP contribution is 2.49. The number of anilines is 2. The smallest absolute Gasteiger partial charge is 0.235 e. The van der Waals surface area contributed by atoms with Gasteiger partial charge in [-0.15, -0.1) is 0 Å². The summed E-state index contributed by atoms with van der Waals surface area (Å²) in [6, 6.07) is 12.8. The topological polar surface area (TPSA) is 70.9 Å². The average molecular weight is 416 g/mol. The zero-order valence-corrected chi connectivity index (χ0v) is 18.9. The second-order valence-corrected chi connectivity index (χ2v) is 10.5. The predicted octanol–water partition coefficient (Wildman–Crippen LogP) is 5.99. The summed E-state index contributed by atoms with van der Waals surface area (Å²) >= 11 is 0. The van der Waals surface area contributed by atoms with E-state index in [1.165, 1.54) is 42.4 Å². The largest absolute Gasteiger partial charge is 0.397 e. The van der Waals surface area contributed by atoms with Crippen LogP contribution < -0.4 is 11.1 Å². The number of nitrogens with one attached hydrogen (secondary N) is 2. The molecule has 5 rings (SSSR count). The molecular weight excluding hydrogens is 382 g/mol. The molecule has 0 radical (unpaired) electrons. The first kappa shape index (κ1) is 20.2. The Labute approximate surface area is 184 Å². The molecule has 0 atom stereocenters. The number of hydrogen-bond donors (Lipinski definition) is 3. The van der Waals surface area contributed by atoms with Crippen LogP contribution in [0.5, 0.6) is 0 Å². The highest BCUT2D eigenvalue weighted by atomic mass is 16.2. The van der Waals surface area contributed by atoms with Crippen LogP contribution in [0.3, 0.4) is 0 Å². The van der Waals surface area contributed by atoms with Gasteiger partial charge in [0.2, 0.25) is 5.91 Å². The van der Waals surface area contributed by atoms with Crippen molar-refractivity contribution < 1.29 is 4.79 Å². The lowest BCUT2D eigenvalue weighted by Gasteiger charge is -2.18. The maximum atomic E-state index is 13.4. The number of amides is 1. The van der Waals surface area contributed by atoms with Crippen molar-refractivity contribution in [3.63, 3.8) is 0 Å². The summed E-state index contributed by atoms with van der Waals surface area (Å²) in [6.07, 6.45) is 7.98. The number of nitrogens with two attached hydrogens (primary N) is 1. The molecule has 0 saturated heterocycles. The first-order chi connectivity index (χ1) is 14.8. The van der Waals surface area contributed by atoms with E-state index < -0.39 is 0 Å². The fourth-order valence-electron chi connectivity index (χ4n) is 5.11. The van der Waals surface area contributed by atoms with Crippen LogP contribution in [0.2, 0.25) is 0 Å². The van der Waals surface area contributed by atoms with Crippen LogP contribution in [0.1, 0.15) is 75.3 Å². The second kappa shape index (κ2) is 7.15. The zero-order chi connectivity index (χ0) is 21.8. The van der Waals surface area contributed by atoms with E-state index in [4.69, 9.17) is 5.73 Å². The minimum absolute atomic E-state index is 0.0596. The molecule has 4 N–H and O–H groups in total. The van der Waals surface area contributed by atoms with Gasteiger partial charge in [0.1, 0.15) is 0 Å². The third-order valence-corrected chi connectivity index (χ3v) is 7.18. The van der Waals surface area contributed by atoms with Gasteiger partial charge in [-0.2, -0.15) is 0 Å². The summed E-state index contributed by atoms with van der Waals surface area (Å²) in [5.74, 6) is 0.102. The highest BCUT2D eigenvalue weighted by molar-refractivity contribution is 6.04. The van der Waals surface area contributed by atoms with Gasteiger partial charge in [0.25, 0.3) is 0 Å². The van der Waals surface area contributed by atoms with Gasteiger partial charge < -0.3 is 16.0 Å². The van der Waals surface area contributed by atoms with E-state index in [2.05, 4.69) is 49.3 Å². The lowest BCUT2D eigenvalue weighted by molar-refractivity contribution is -0.118. The quantitative estimate of drug-likeness (QED) is 0.460. The highest BCUT2D eigenvalue weighted by Gasteiger charge is 2.51. The number of carbonyl (C=O) groups excluding carboxylic acids is 1. The van der Waals surface area contributed by atoms with Crippen molar-refractivity contribution in [2.24, 2.45) is 0 Å². The summed E-state index contributed by atoms with van der Waals surface area (Å²) in [4.78, 5) is 16.8. The fraction of sp³-hybridized carbons (Fsp3) is 0.444. The molecule has 3 aromatic rings. The van der Waals surface area contributed by atoms with Gasteiger partial charge in [-0.25, -0.2) is 0 Å². The van der Waals surface area contributed by atoms with Gasteiger partial charge in [-0.05, 0) is 73.4 Å². The molecular formula is C27H33N3O. The van der Waals surface area contributed by atoms with E-state index in [-0.39, 0.29) is 16.7 Å². The summed E-state index contributed by atoms with van der Waals surface area (Å²) in [6.45, 7) is 6.44. The van der Waals surface area contributed by atoms with Crippen LogP contribution in [0.15, 0.2) is 36.4 Å². The monoisotopic (exact) mass is 415 g/mol. The van der Waals surface area contributed by atoms with Crippen LogP contribution in [0.4, 0.5) is 11.4 Å². The molecule has 1 aromatic heterocycles. The Morgan fingerprint density at radius 1 is 1.00 bits per heavy atom. The van der Waals surface area contributed by atoms with Crippen LogP contribution in [0, 0.1) is 0 Å². The molecule has 1 saturated carbocycles. The normalized spacial score (nSPS) is 17.8. The molecule has 31 heavy (non-hydrogen) atoms. The summed E-state index contributed by atoms with van der Waals surface area (Å²) in [5, 5.41) is 4.16. The molecule has 1 fully saturated rings. The van der Waals surface area contributed by atoms with Gasteiger partial charge in [0.05, 0.1) is 11.1 Å². The van der Waals surface area contributed by atoms with Crippen molar-refractivity contribution in [2.75, 3.05) is 11.1 Å². The summed E-state index contributed by atoms with van der Waals surface area (Å²) < 4.78 is 0. The van der Waals surface area contributed by atoms with E-state index >= 15 is 0 Å². The minimum atomic E-state index is -0.378. The van der Waals surface area contributed by atoms with Gasteiger partial charge in [0.15, 0.2) is 0 Å². The molecule has 4 heteroatoms. The Hall–Kier alpha value is -2.75. The second-order valence-electron chi connectivity index (χ2n) is 10.5. The maximum Gasteiger partial charge on any atom is 0.235 e. The van der Waals surface area contributed by atoms with E-state index in [9.17, 15) is 4.79 Å². The first-order valence-electron chi connectivity index (χ1n) is 11.6. The lowest BCUT2D eigenvalue weighted by atomic mass is 9.90. The van der Waals surface area contributed by atoms with E-state index in [1.807, 2.05) is 18.2 Å². The Balaban J connectivity index is 1.42. The van der Waals surface area contributed by atoms with Gasteiger partial charge in [-0.1, -0.05) is 45.4 Å². The van der Waals surface area contributed by atoms with Crippen molar-refractivity contribution in [3.05, 3.63) is 58.8 Å². The Morgan fingerprint density at radius 2 is 1.74 bits per heavy atom. The van der Waals surface area contributed by atoms with Gasteiger partial charge in [-0.3, -0.25) is 4.79 Å². The molecule has 0 bridgehead atoms. The fourth-order valence-corrected chi connectivity index (χ4v) is 5.11. The molecule has 1 heterocycles. The number of fused-ring (bicyclic) bond motifs is 2. The molecule has 4 nitrogen and oxygen atoms in total. The average Bonchev–Trinajstić information content (AvgIpc) is 3.50. The SMILES string of the molecule is CC(C)(C)c1[nH]c2ccc(NC(=O)C3(c4ccc5c(c4)CCCCC5)CC3)cc2c1N. The first-order valence-corrected chi connectivity index (χ1v) is 11.6. The van der Waals surface area contributed by atoms with Crippen LogP contribution >= 0.6 is 0 Å². The van der Waals surface area contributed by atoms with Crippen molar-refractivity contribution in [1.29, 1.82) is 0 Å². The maximum absolute atomic E-state index is 13.4. The number of benzene rings is 2. The van der Waals surface area contributed by atoms with Crippen molar-refractivity contribution in [3.8, 4) is 0 Å². The summed E-state index contributed by atoms with van der Waals surface area (Å²) in [5.41, 5.74) is 13.7. The predicted molar refractivity (Wildman–Crippen MR) is 129 cm³/mol. The number of aryl methyl sites for hydroxylation is 2. The van der Waals surface area contributed by atoms with Gasteiger partial charge in [0, 0.05) is 27.7 Å². The number of aromatic amines is 1. The van der Waals surface area contributed by atoms with Crippen molar-refractivity contribution in [2.45, 2.75) is 76.5 Å². The molecule has 2 aliphatic rings. The lowest BCUT2D eigenvalue weighted by Crippen LogP contribution is -2.28. The van der Waals surface area contributed by atoms with E-state index in [0.717, 1.165) is 47.2 Å². The number of H-pyrrole nitrogens is 1. The number of aromatic nitrogens is 1. The van der Waals surface area contributed by atoms with Crippen molar-refractivity contribution >= 4 is 28.2 Å². The van der Waals surface area contributed by atoms with Crippen LogP contribution in [0.25, 0.3) is 10.9 Å². The number of rotatable bonds is 3. The van der Waals surface area contributed by atoms with E-state index in [0.29, 0.717) is 0 Å². The molecule has 2 aliphatic carbocycles. The van der Waals surface area contributed by atoms with Crippen LogP contribution in [-0.4, -0.2) is 10.9 Å². The number of nitrogen functional groups attached to an aromatic ring is 1.